The topological polar surface area (TPSA) is 83.9 Å². The molecule has 1 atom stereocenters. The first-order valence-electron chi connectivity index (χ1n) is 10.9. The largest absolute Gasteiger partial charge is 0.494 e. The smallest absolute Gasteiger partial charge is 0.306 e. The molecule has 1 heterocycles. The summed E-state index contributed by atoms with van der Waals surface area (Å²) in [4.78, 5) is 12.2. The lowest BCUT2D eigenvalue weighted by atomic mass is 9.83. The lowest BCUT2D eigenvalue weighted by Gasteiger charge is -2.34. The van der Waals surface area contributed by atoms with E-state index in [9.17, 15) is 18.3 Å². The van der Waals surface area contributed by atoms with E-state index in [1.165, 1.54) is 4.31 Å². The lowest BCUT2D eigenvalue weighted by molar-refractivity contribution is -0.144. The van der Waals surface area contributed by atoms with E-state index < -0.39 is 21.9 Å². The molecule has 3 aromatic rings. The Morgan fingerprint density at radius 1 is 0.969 bits per heavy atom. The Bertz CT molecular complexity index is 1170. The number of carboxylic acid groups (broad SMARTS) is 1. The normalized spacial score (nSPS) is 16.6. The molecule has 3 aromatic carbocycles. The zero-order valence-electron chi connectivity index (χ0n) is 17.8. The number of hydrogen-bond donors (Lipinski definition) is 1. The van der Waals surface area contributed by atoms with Crippen molar-refractivity contribution in [3.8, 4) is 5.75 Å². The van der Waals surface area contributed by atoms with Gasteiger partial charge in [-0.15, -0.1) is 0 Å². The molecule has 1 aliphatic heterocycles. The van der Waals surface area contributed by atoms with Crippen LogP contribution in [-0.4, -0.2) is 43.5 Å². The van der Waals surface area contributed by atoms with Crippen molar-refractivity contribution in [1.82, 2.24) is 4.31 Å². The Morgan fingerprint density at radius 2 is 1.62 bits per heavy atom. The van der Waals surface area contributed by atoms with Crippen molar-refractivity contribution in [2.75, 3.05) is 19.7 Å². The number of hydrogen-bond acceptors (Lipinski definition) is 4. The molecular formula is C25H27NO5S. The van der Waals surface area contributed by atoms with Gasteiger partial charge < -0.3 is 9.84 Å². The fourth-order valence-corrected chi connectivity index (χ4v) is 6.14. The molecular weight excluding hydrogens is 426 g/mol. The molecule has 1 aliphatic rings. The van der Waals surface area contributed by atoms with Gasteiger partial charge in [0.25, 0.3) is 0 Å². The van der Waals surface area contributed by atoms with Gasteiger partial charge in [-0.25, -0.2) is 8.42 Å². The molecule has 0 bridgehead atoms. The van der Waals surface area contributed by atoms with Crippen molar-refractivity contribution in [1.29, 1.82) is 0 Å². The molecule has 0 spiro atoms. The molecule has 0 amide bonds. The molecule has 1 fully saturated rings. The Hall–Kier alpha value is -2.90. The molecule has 1 N–H and O–H groups in total. The Labute approximate surface area is 188 Å². The number of rotatable bonds is 8. The van der Waals surface area contributed by atoms with Gasteiger partial charge in [-0.3, -0.25) is 4.79 Å². The first-order chi connectivity index (χ1) is 15.5. The van der Waals surface area contributed by atoms with Crippen LogP contribution in [0.1, 0.15) is 19.3 Å². The quantitative estimate of drug-likeness (QED) is 0.546. The number of fused-ring (bicyclic) bond motifs is 1. The third kappa shape index (κ3) is 4.79. The second-order valence-corrected chi connectivity index (χ2v) is 10.0. The van der Waals surface area contributed by atoms with Gasteiger partial charge in [0.2, 0.25) is 10.0 Å². The van der Waals surface area contributed by atoms with Gasteiger partial charge in [-0.05, 0) is 48.8 Å². The maximum atomic E-state index is 13.3. The van der Waals surface area contributed by atoms with Crippen LogP contribution in [0.15, 0.2) is 77.7 Å². The second-order valence-electron chi connectivity index (χ2n) is 8.11. The van der Waals surface area contributed by atoms with Crippen LogP contribution in [0.2, 0.25) is 0 Å². The number of carbonyl (C=O) groups is 1. The maximum Gasteiger partial charge on any atom is 0.306 e. The van der Waals surface area contributed by atoms with Gasteiger partial charge in [-0.1, -0.05) is 54.6 Å². The summed E-state index contributed by atoms with van der Waals surface area (Å²) < 4.78 is 33.8. The van der Waals surface area contributed by atoms with Crippen LogP contribution in [0.3, 0.4) is 0 Å². The number of carboxylic acids is 1. The maximum absolute atomic E-state index is 13.3. The monoisotopic (exact) mass is 453 g/mol. The van der Waals surface area contributed by atoms with E-state index in [0.29, 0.717) is 55.0 Å². The van der Waals surface area contributed by atoms with Gasteiger partial charge in [-0.2, -0.15) is 4.31 Å². The van der Waals surface area contributed by atoms with Crippen molar-refractivity contribution < 1.29 is 23.1 Å². The van der Waals surface area contributed by atoms with Crippen LogP contribution < -0.4 is 4.74 Å². The highest BCUT2D eigenvalue weighted by atomic mass is 32.2. The van der Waals surface area contributed by atoms with Crippen LogP contribution >= 0.6 is 0 Å². The van der Waals surface area contributed by atoms with Gasteiger partial charge >= 0.3 is 5.97 Å². The molecule has 0 aliphatic carbocycles. The summed E-state index contributed by atoms with van der Waals surface area (Å²) >= 11 is 0. The number of para-hydroxylation sites is 1. The number of aliphatic carboxylic acids is 1. The van der Waals surface area contributed by atoms with Crippen LogP contribution in [0, 0.1) is 11.8 Å². The van der Waals surface area contributed by atoms with Crippen molar-refractivity contribution in [3.63, 3.8) is 0 Å². The minimum atomic E-state index is -3.65. The van der Waals surface area contributed by atoms with E-state index in [4.69, 9.17) is 4.74 Å². The fourth-order valence-electron chi connectivity index (χ4n) is 4.46. The zero-order chi connectivity index (χ0) is 22.6. The van der Waals surface area contributed by atoms with E-state index in [1.807, 2.05) is 60.7 Å². The number of piperidine rings is 1. The summed E-state index contributed by atoms with van der Waals surface area (Å²) in [6.07, 6.45) is 1.43. The van der Waals surface area contributed by atoms with Gasteiger partial charge in [0.15, 0.2) is 0 Å². The fraction of sp³-hybridized carbons (Fsp3) is 0.320. The molecule has 1 saturated heterocycles. The second kappa shape index (κ2) is 9.71. The number of sulfonamides is 1. The molecule has 4 rings (SSSR count). The predicted molar refractivity (Wildman–Crippen MR) is 123 cm³/mol. The van der Waals surface area contributed by atoms with Crippen LogP contribution in [-0.2, 0) is 14.8 Å². The summed E-state index contributed by atoms with van der Waals surface area (Å²) in [5.74, 6) is -0.767. The Morgan fingerprint density at radius 3 is 2.34 bits per heavy atom. The van der Waals surface area contributed by atoms with Gasteiger partial charge in [0, 0.05) is 18.5 Å². The molecule has 7 heteroatoms. The molecule has 0 radical (unpaired) electrons. The lowest BCUT2D eigenvalue weighted by Crippen LogP contribution is -2.41. The molecule has 168 valence electrons. The van der Waals surface area contributed by atoms with Crippen LogP contribution in [0.25, 0.3) is 10.8 Å². The van der Waals surface area contributed by atoms with E-state index in [-0.39, 0.29) is 5.92 Å². The first-order valence-corrected chi connectivity index (χ1v) is 12.3. The molecule has 1 unspecified atom stereocenters. The predicted octanol–water partition coefficient (Wildman–Crippen LogP) is 4.41. The third-order valence-electron chi connectivity index (χ3n) is 6.19. The standard InChI is InChI=1S/C25H27NO5S/c27-25(28)23(15-18-31-21-9-2-1-3-10-21)20-13-16-26(17-14-20)32(29,30)24-12-6-8-19-7-4-5-11-22(19)24/h1-12,20,23H,13-18H2,(H,27,28). The van der Waals surface area contributed by atoms with E-state index >= 15 is 0 Å². The highest BCUT2D eigenvalue weighted by Gasteiger charge is 2.35. The SMILES string of the molecule is O=C(O)C(CCOc1ccccc1)C1CCN(S(=O)(=O)c2cccc3ccccc23)CC1. The van der Waals surface area contributed by atoms with E-state index in [1.54, 1.807) is 12.1 Å². The summed E-state index contributed by atoms with van der Waals surface area (Å²) in [6.45, 7) is 0.953. The Kier molecular flexibility index (Phi) is 6.77. The van der Waals surface area contributed by atoms with Crippen LogP contribution in [0.4, 0.5) is 0 Å². The average molecular weight is 454 g/mol. The minimum absolute atomic E-state index is 0.0779. The summed E-state index contributed by atoms with van der Waals surface area (Å²) in [5, 5.41) is 11.3. The average Bonchev–Trinajstić information content (AvgIpc) is 2.82. The highest BCUT2D eigenvalue weighted by molar-refractivity contribution is 7.89. The van der Waals surface area contributed by atoms with Gasteiger partial charge in [0.05, 0.1) is 17.4 Å². The number of benzene rings is 3. The van der Waals surface area contributed by atoms with Crippen LogP contribution in [0.5, 0.6) is 5.75 Å². The van der Waals surface area contributed by atoms with E-state index in [0.717, 1.165) is 5.39 Å². The van der Waals surface area contributed by atoms with Crippen molar-refractivity contribution in [2.45, 2.75) is 24.2 Å². The highest BCUT2D eigenvalue weighted by Crippen LogP contribution is 2.32. The molecule has 0 saturated carbocycles. The number of nitrogens with zero attached hydrogens (tertiary/aromatic N) is 1. The van der Waals surface area contributed by atoms with Crippen molar-refractivity contribution >= 4 is 26.8 Å². The summed E-state index contributed by atoms with van der Waals surface area (Å²) in [6, 6.07) is 22.1. The molecule has 0 aromatic heterocycles. The zero-order valence-corrected chi connectivity index (χ0v) is 18.6. The first kappa shape index (κ1) is 22.3. The molecule has 32 heavy (non-hydrogen) atoms. The van der Waals surface area contributed by atoms with Crippen molar-refractivity contribution in [3.05, 3.63) is 72.8 Å². The molecule has 6 nitrogen and oxygen atoms in total. The minimum Gasteiger partial charge on any atom is -0.494 e. The Balaban J connectivity index is 1.41. The summed E-state index contributed by atoms with van der Waals surface area (Å²) in [5.41, 5.74) is 0. The van der Waals surface area contributed by atoms with Crippen molar-refractivity contribution in [2.24, 2.45) is 11.8 Å². The number of ether oxygens (including phenoxy) is 1. The summed E-state index contributed by atoms with van der Waals surface area (Å²) in [7, 11) is -3.65. The third-order valence-corrected chi connectivity index (χ3v) is 8.15. The van der Waals surface area contributed by atoms with Gasteiger partial charge in [0.1, 0.15) is 5.75 Å². The van der Waals surface area contributed by atoms with E-state index in [2.05, 4.69) is 0 Å².